The second-order valence-electron chi connectivity index (χ2n) is 7.78. The summed E-state index contributed by atoms with van der Waals surface area (Å²) in [4.78, 5) is 17.6. The number of hydrogen-bond donors (Lipinski definition) is 1. The first kappa shape index (κ1) is 19.0. The molecule has 0 saturated carbocycles. The lowest BCUT2D eigenvalue weighted by Gasteiger charge is -2.09. The van der Waals surface area contributed by atoms with Crippen LogP contribution in [0.3, 0.4) is 0 Å². The third-order valence-electron chi connectivity index (χ3n) is 5.49. The average Bonchev–Trinajstić information content (AvgIpc) is 3.14. The zero-order chi connectivity index (χ0) is 21.4. The standard InChI is InChI=1S/C26H22N4O/c1-17-12-13-23-20(14-17)26-21(15-27-23)25(19-9-4-3-5-10-19)29-30(26)16-24(31)28-22-11-7-6-8-18(22)2/h3-15H,16H2,1-2H3,(H,28,31). The Morgan fingerprint density at radius 2 is 1.71 bits per heavy atom. The van der Waals surface area contributed by atoms with Crippen LogP contribution in [0, 0.1) is 13.8 Å². The molecule has 0 fully saturated rings. The first-order valence-electron chi connectivity index (χ1n) is 10.3. The predicted octanol–water partition coefficient (Wildman–Crippen LogP) is 5.51. The van der Waals surface area contributed by atoms with E-state index in [1.807, 2.05) is 79.9 Å². The highest BCUT2D eigenvalue weighted by atomic mass is 16.2. The van der Waals surface area contributed by atoms with Crippen LogP contribution in [0.25, 0.3) is 33.1 Å². The van der Waals surface area contributed by atoms with Gasteiger partial charge in [0.05, 0.1) is 11.0 Å². The second-order valence-corrected chi connectivity index (χ2v) is 7.78. The lowest BCUT2D eigenvalue weighted by molar-refractivity contribution is -0.116. The van der Waals surface area contributed by atoms with Crippen molar-refractivity contribution in [1.29, 1.82) is 0 Å². The molecule has 152 valence electrons. The smallest absolute Gasteiger partial charge is 0.246 e. The summed E-state index contributed by atoms with van der Waals surface area (Å²) in [5.41, 5.74) is 6.62. The topological polar surface area (TPSA) is 59.8 Å². The van der Waals surface area contributed by atoms with Gasteiger partial charge >= 0.3 is 0 Å². The zero-order valence-corrected chi connectivity index (χ0v) is 17.5. The molecule has 2 aromatic heterocycles. The molecule has 0 aliphatic heterocycles. The number of nitrogens with one attached hydrogen (secondary N) is 1. The molecule has 0 aliphatic rings. The molecule has 0 atom stereocenters. The Kier molecular flexibility index (Phi) is 4.71. The van der Waals surface area contributed by atoms with Crippen molar-refractivity contribution >= 4 is 33.4 Å². The van der Waals surface area contributed by atoms with Gasteiger partial charge in [-0.3, -0.25) is 14.5 Å². The quantitative estimate of drug-likeness (QED) is 0.428. The van der Waals surface area contributed by atoms with E-state index in [1.54, 1.807) is 4.68 Å². The van der Waals surface area contributed by atoms with Gasteiger partial charge in [-0.15, -0.1) is 0 Å². The molecule has 0 unspecified atom stereocenters. The van der Waals surface area contributed by atoms with Crippen molar-refractivity contribution in [3.8, 4) is 11.3 Å². The molecular weight excluding hydrogens is 384 g/mol. The van der Waals surface area contributed by atoms with Gasteiger partial charge in [-0.2, -0.15) is 5.10 Å². The van der Waals surface area contributed by atoms with Crippen LogP contribution in [0.2, 0.25) is 0 Å². The van der Waals surface area contributed by atoms with Crippen LogP contribution in [0.1, 0.15) is 11.1 Å². The van der Waals surface area contributed by atoms with E-state index >= 15 is 0 Å². The fraction of sp³-hybridized carbons (Fsp3) is 0.115. The van der Waals surface area contributed by atoms with Crippen molar-refractivity contribution in [3.05, 3.63) is 90.1 Å². The van der Waals surface area contributed by atoms with Crippen molar-refractivity contribution in [2.45, 2.75) is 20.4 Å². The monoisotopic (exact) mass is 406 g/mol. The van der Waals surface area contributed by atoms with Crippen molar-refractivity contribution < 1.29 is 4.79 Å². The number of para-hydroxylation sites is 1. The number of aryl methyl sites for hydroxylation is 2. The number of carbonyl (C=O) groups is 1. The summed E-state index contributed by atoms with van der Waals surface area (Å²) in [5, 5.41) is 9.81. The molecule has 31 heavy (non-hydrogen) atoms. The molecule has 0 aliphatic carbocycles. The summed E-state index contributed by atoms with van der Waals surface area (Å²) >= 11 is 0. The predicted molar refractivity (Wildman–Crippen MR) is 125 cm³/mol. The number of benzene rings is 3. The molecule has 5 rings (SSSR count). The molecule has 1 amide bonds. The summed E-state index contributed by atoms with van der Waals surface area (Å²) in [7, 11) is 0. The summed E-state index contributed by atoms with van der Waals surface area (Å²) < 4.78 is 1.80. The van der Waals surface area contributed by atoms with Crippen molar-refractivity contribution in [2.75, 3.05) is 5.32 Å². The van der Waals surface area contributed by atoms with E-state index < -0.39 is 0 Å². The normalized spacial score (nSPS) is 11.2. The van der Waals surface area contributed by atoms with Gasteiger partial charge in [0.1, 0.15) is 12.2 Å². The van der Waals surface area contributed by atoms with Crippen molar-refractivity contribution in [3.63, 3.8) is 0 Å². The molecule has 5 nitrogen and oxygen atoms in total. The van der Waals surface area contributed by atoms with E-state index in [2.05, 4.69) is 23.3 Å². The van der Waals surface area contributed by atoms with Crippen LogP contribution >= 0.6 is 0 Å². The number of amides is 1. The van der Waals surface area contributed by atoms with Crippen LogP contribution in [0.4, 0.5) is 5.69 Å². The van der Waals surface area contributed by atoms with Crippen LogP contribution < -0.4 is 5.32 Å². The maximum atomic E-state index is 12.9. The van der Waals surface area contributed by atoms with Gasteiger partial charge in [0.25, 0.3) is 0 Å². The van der Waals surface area contributed by atoms with Crippen LogP contribution in [-0.4, -0.2) is 20.7 Å². The van der Waals surface area contributed by atoms with Crippen molar-refractivity contribution in [1.82, 2.24) is 14.8 Å². The second kappa shape index (κ2) is 7.69. The zero-order valence-electron chi connectivity index (χ0n) is 17.5. The molecule has 3 aromatic carbocycles. The molecule has 2 heterocycles. The van der Waals surface area contributed by atoms with Gasteiger partial charge in [0.2, 0.25) is 5.91 Å². The third kappa shape index (κ3) is 3.55. The fourth-order valence-electron chi connectivity index (χ4n) is 3.93. The first-order chi connectivity index (χ1) is 15.1. The first-order valence-corrected chi connectivity index (χ1v) is 10.3. The van der Waals surface area contributed by atoms with Gasteiger partial charge in [0.15, 0.2) is 0 Å². The number of hydrogen-bond acceptors (Lipinski definition) is 3. The van der Waals surface area contributed by atoms with E-state index in [-0.39, 0.29) is 12.5 Å². The maximum absolute atomic E-state index is 12.9. The Bertz CT molecular complexity index is 1420. The number of carbonyl (C=O) groups excluding carboxylic acids is 1. The van der Waals surface area contributed by atoms with Crippen LogP contribution in [0.5, 0.6) is 0 Å². The number of fused-ring (bicyclic) bond motifs is 3. The van der Waals surface area contributed by atoms with E-state index in [4.69, 9.17) is 5.10 Å². The van der Waals surface area contributed by atoms with Gasteiger partial charge in [-0.25, -0.2) is 0 Å². The molecule has 5 aromatic rings. The molecular formula is C26H22N4O. The largest absolute Gasteiger partial charge is 0.324 e. The van der Waals surface area contributed by atoms with Crippen molar-refractivity contribution in [2.24, 2.45) is 0 Å². The maximum Gasteiger partial charge on any atom is 0.246 e. The minimum Gasteiger partial charge on any atom is -0.324 e. The molecule has 0 saturated heterocycles. The number of anilines is 1. The van der Waals surface area contributed by atoms with E-state index in [0.29, 0.717) is 0 Å². The minimum absolute atomic E-state index is 0.115. The average molecular weight is 406 g/mol. The molecule has 0 bridgehead atoms. The summed E-state index contributed by atoms with van der Waals surface area (Å²) in [6.45, 7) is 4.15. The third-order valence-corrected chi connectivity index (χ3v) is 5.49. The lowest BCUT2D eigenvalue weighted by atomic mass is 10.1. The van der Waals surface area contributed by atoms with Gasteiger partial charge in [0, 0.05) is 28.2 Å². The number of rotatable bonds is 4. The molecule has 0 radical (unpaired) electrons. The van der Waals surface area contributed by atoms with Gasteiger partial charge in [-0.05, 0) is 37.6 Å². The Balaban J connectivity index is 1.65. The van der Waals surface area contributed by atoms with E-state index in [9.17, 15) is 4.79 Å². The van der Waals surface area contributed by atoms with E-state index in [0.717, 1.165) is 49.9 Å². The molecule has 5 heteroatoms. The Hall–Kier alpha value is -3.99. The SMILES string of the molecule is Cc1ccc2ncc3c(-c4ccccc4)nn(CC(=O)Nc4ccccc4C)c3c2c1. The highest BCUT2D eigenvalue weighted by Crippen LogP contribution is 2.32. The fourth-order valence-corrected chi connectivity index (χ4v) is 3.93. The minimum atomic E-state index is -0.115. The Morgan fingerprint density at radius 1 is 0.935 bits per heavy atom. The van der Waals surface area contributed by atoms with Crippen LogP contribution in [-0.2, 0) is 11.3 Å². The highest BCUT2D eigenvalue weighted by Gasteiger charge is 2.18. The molecule has 1 N–H and O–H groups in total. The number of pyridine rings is 1. The van der Waals surface area contributed by atoms with Gasteiger partial charge < -0.3 is 5.32 Å². The summed E-state index contributed by atoms with van der Waals surface area (Å²) in [6, 6.07) is 23.9. The van der Waals surface area contributed by atoms with E-state index in [1.165, 1.54) is 0 Å². The number of aromatic nitrogens is 3. The van der Waals surface area contributed by atoms with Crippen LogP contribution in [0.15, 0.2) is 79.0 Å². The number of nitrogens with zero attached hydrogens (tertiary/aromatic N) is 3. The lowest BCUT2D eigenvalue weighted by Crippen LogP contribution is -2.20. The summed E-state index contributed by atoms with van der Waals surface area (Å²) in [6.07, 6.45) is 1.86. The molecule has 0 spiro atoms. The Labute approximate surface area is 180 Å². The highest BCUT2D eigenvalue weighted by molar-refractivity contribution is 6.08. The van der Waals surface area contributed by atoms with Gasteiger partial charge in [-0.1, -0.05) is 60.2 Å². The summed E-state index contributed by atoms with van der Waals surface area (Å²) in [5.74, 6) is -0.115. The Morgan fingerprint density at radius 3 is 2.52 bits per heavy atom.